The highest BCUT2D eigenvalue weighted by molar-refractivity contribution is 7.92. The highest BCUT2D eigenvalue weighted by Gasteiger charge is 2.34. The van der Waals surface area contributed by atoms with Crippen molar-refractivity contribution < 1.29 is 31.3 Å². The lowest BCUT2D eigenvalue weighted by molar-refractivity contribution is -0.384. The summed E-state index contributed by atoms with van der Waals surface area (Å²) >= 11 is 5.87. The zero-order valence-corrected chi connectivity index (χ0v) is 14.5. The van der Waals surface area contributed by atoms with Gasteiger partial charge in [-0.2, -0.15) is 21.6 Å². The van der Waals surface area contributed by atoms with Crippen molar-refractivity contribution in [1.29, 1.82) is 0 Å². The maximum absolute atomic E-state index is 12.8. The number of nitro benzene ring substituents is 1. The predicted molar refractivity (Wildman–Crippen MR) is 86.2 cm³/mol. The van der Waals surface area contributed by atoms with Gasteiger partial charge in [-0.25, -0.2) is 0 Å². The summed E-state index contributed by atoms with van der Waals surface area (Å²) in [4.78, 5) is 14.1. The fourth-order valence-corrected chi connectivity index (χ4v) is 3.65. The molecule has 140 valence electrons. The molecule has 0 atom stereocenters. The van der Waals surface area contributed by atoms with Gasteiger partial charge in [0.2, 0.25) is 0 Å². The standard InChI is InChI=1S/C14H10ClF3N2O5S/c1-25-20(13-6-5-10(19(21)22)8-12(13)15)26(23,24)11-4-2-3-9(7-11)14(16,17)18/h2-8H,1H3. The molecule has 0 aliphatic heterocycles. The Labute approximate surface area is 150 Å². The van der Waals surface area contributed by atoms with E-state index in [1.807, 2.05) is 0 Å². The number of nitrogens with zero attached hydrogens (tertiary/aromatic N) is 2. The van der Waals surface area contributed by atoms with Crippen LogP contribution in [-0.2, 0) is 21.0 Å². The van der Waals surface area contributed by atoms with Gasteiger partial charge in [0.25, 0.3) is 15.7 Å². The molecule has 2 aromatic carbocycles. The van der Waals surface area contributed by atoms with E-state index in [4.69, 9.17) is 16.4 Å². The molecule has 0 radical (unpaired) electrons. The first-order valence-electron chi connectivity index (χ1n) is 6.69. The number of non-ortho nitro benzene ring substituents is 1. The lowest BCUT2D eigenvalue weighted by atomic mass is 10.2. The molecule has 0 saturated carbocycles. The fourth-order valence-electron chi connectivity index (χ4n) is 2.01. The Morgan fingerprint density at radius 1 is 1.19 bits per heavy atom. The number of halogens is 4. The van der Waals surface area contributed by atoms with E-state index in [0.29, 0.717) is 6.07 Å². The van der Waals surface area contributed by atoms with Crippen LogP contribution in [0.15, 0.2) is 47.4 Å². The van der Waals surface area contributed by atoms with Crippen molar-refractivity contribution in [1.82, 2.24) is 0 Å². The molecule has 0 N–H and O–H groups in total. The Morgan fingerprint density at radius 2 is 1.85 bits per heavy atom. The number of sulfonamides is 1. The lowest BCUT2D eigenvalue weighted by Crippen LogP contribution is -2.30. The number of benzene rings is 2. The Morgan fingerprint density at radius 3 is 2.35 bits per heavy atom. The van der Waals surface area contributed by atoms with Crippen LogP contribution >= 0.6 is 11.6 Å². The normalized spacial score (nSPS) is 12.0. The molecule has 0 bridgehead atoms. The molecule has 0 amide bonds. The SMILES string of the molecule is CON(c1ccc([N+](=O)[O-])cc1Cl)S(=O)(=O)c1cccc(C(F)(F)F)c1. The molecule has 12 heteroatoms. The molecule has 26 heavy (non-hydrogen) atoms. The number of hydrogen-bond donors (Lipinski definition) is 0. The van der Waals surface area contributed by atoms with Gasteiger partial charge in [-0.1, -0.05) is 17.7 Å². The summed E-state index contributed by atoms with van der Waals surface area (Å²) in [6, 6.07) is 5.93. The average molecular weight is 411 g/mol. The third-order valence-electron chi connectivity index (χ3n) is 3.18. The van der Waals surface area contributed by atoms with Crippen LogP contribution in [0.3, 0.4) is 0 Å². The second-order valence-corrected chi connectivity index (χ2v) is 6.99. The van der Waals surface area contributed by atoms with Crippen molar-refractivity contribution in [3.8, 4) is 0 Å². The summed E-state index contributed by atoms with van der Waals surface area (Å²) in [5.74, 6) is 0. The van der Waals surface area contributed by atoms with Crippen molar-refractivity contribution in [2.45, 2.75) is 11.1 Å². The molecule has 0 spiro atoms. The van der Waals surface area contributed by atoms with Gasteiger partial charge < -0.3 is 0 Å². The maximum Gasteiger partial charge on any atom is 0.416 e. The summed E-state index contributed by atoms with van der Waals surface area (Å²) in [6.45, 7) is 0. The Bertz CT molecular complexity index is 950. The zero-order chi connectivity index (χ0) is 19.7. The first kappa shape index (κ1) is 19.9. The van der Waals surface area contributed by atoms with E-state index >= 15 is 0 Å². The van der Waals surface area contributed by atoms with Crippen LogP contribution in [0, 0.1) is 10.1 Å². The summed E-state index contributed by atoms with van der Waals surface area (Å²) in [6.07, 6.45) is -4.74. The largest absolute Gasteiger partial charge is 0.416 e. The second kappa shape index (κ2) is 7.09. The molecule has 0 aliphatic carbocycles. The Kier molecular flexibility index (Phi) is 5.44. The molecular formula is C14H10ClF3N2O5S. The van der Waals surface area contributed by atoms with Crippen molar-refractivity contribution >= 4 is 33.0 Å². The molecule has 7 nitrogen and oxygen atoms in total. The number of alkyl halides is 3. The molecule has 0 unspecified atom stereocenters. The topological polar surface area (TPSA) is 89.8 Å². The monoisotopic (exact) mass is 410 g/mol. The number of rotatable bonds is 5. The van der Waals surface area contributed by atoms with Crippen molar-refractivity contribution in [2.24, 2.45) is 0 Å². The summed E-state index contributed by atoms with van der Waals surface area (Å²) in [7, 11) is -3.62. The van der Waals surface area contributed by atoms with Gasteiger partial charge >= 0.3 is 6.18 Å². The van der Waals surface area contributed by atoms with E-state index in [1.54, 1.807) is 0 Å². The van der Waals surface area contributed by atoms with E-state index < -0.39 is 37.3 Å². The Hall–Kier alpha value is -2.37. The first-order chi connectivity index (χ1) is 12.0. The van der Waals surface area contributed by atoms with Crippen LogP contribution in [0.25, 0.3) is 0 Å². The molecule has 0 heterocycles. The molecule has 0 aliphatic rings. The molecule has 0 saturated heterocycles. The highest BCUT2D eigenvalue weighted by atomic mass is 35.5. The third kappa shape index (κ3) is 3.89. The molecule has 2 aromatic rings. The van der Waals surface area contributed by atoms with Crippen LogP contribution in [0.4, 0.5) is 24.5 Å². The lowest BCUT2D eigenvalue weighted by Gasteiger charge is -2.22. The van der Waals surface area contributed by atoms with E-state index in [9.17, 15) is 31.7 Å². The minimum absolute atomic E-state index is 0.286. The van der Waals surface area contributed by atoms with E-state index in [2.05, 4.69) is 0 Å². The van der Waals surface area contributed by atoms with Crippen molar-refractivity contribution in [2.75, 3.05) is 11.6 Å². The molecule has 2 rings (SSSR count). The van der Waals surface area contributed by atoms with Gasteiger partial charge in [-0.15, -0.1) is 4.47 Å². The van der Waals surface area contributed by atoms with Gasteiger partial charge in [0.15, 0.2) is 0 Å². The molecule has 0 fully saturated rings. The number of nitro groups is 1. The minimum Gasteiger partial charge on any atom is -0.262 e. The second-order valence-electron chi connectivity index (χ2n) is 4.83. The maximum atomic E-state index is 12.8. The van der Waals surface area contributed by atoms with E-state index in [-0.39, 0.29) is 15.2 Å². The van der Waals surface area contributed by atoms with Crippen LogP contribution in [0.2, 0.25) is 5.02 Å². The van der Waals surface area contributed by atoms with Crippen LogP contribution in [0.5, 0.6) is 0 Å². The highest BCUT2D eigenvalue weighted by Crippen LogP contribution is 2.35. The average Bonchev–Trinajstić information content (AvgIpc) is 2.56. The quantitative estimate of drug-likeness (QED) is 0.548. The third-order valence-corrected chi connectivity index (χ3v) is 5.12. The van der Waals surface area contributed by atoms with Gasteiger partial charge in [0.1, 0.15) is 5.69 Å². The minimum atomic E-state index is -4.74. The molecular weight excluding hydrogens is 401 g/mol. The van der Waals surface area contributed by atoms with Gasteiger partial charge in [-0.3, -0.25) is 15.0 Å². The smallest absolute Gasteiger partial charge is 0.262 e. The van der Waals surface area contributed by atoms with Gasteiger partial charge in [-0.05, 0) is 24.3 Å². The van der Waals surface area contributed by atoms with Gasteiger partial charge in [0.05, 0.1) is 27.5 Å². The van der Waals surface area contributed by atoms with Gasteiger partial charge in [0, 0.05) is 12.1 Å². The predicted octanol–water partition coefficient (Wildman–Crippen LogP) is 4.02. The number of anilines is 1. The summed E-state index contributed by atoms with van der Waals surface area (Å²) < 4.78 is 64.1. The summed E-state index contributed by atoms with van der Waals surface area (Å²) in [5, 5.41) is 10.4. The van der Waals surface area contributed by atoms with Crippen LogP contribution < -0.4 is 4.47 Å². The van der Waals surface area contributed by atoms with Crippen LogP contribution in [-0.4, -0.2) is 20.5 Å². The summed E-state index contributed by atoms with van der Waals surface area (Å²) in [5.41, 5.74) is -1.85. The van der Waals surface area contributed by atoms with E-state index in [0.717, 1.165) is 43.5 Å². The first-order valence-corrected chi connectivity index (χ1v) is 8.51. The van der Waals surface area contributed by atoms with Crippen molar-refractivity contribution in [3.63, 3.8) is 0 Å². The van der Waals surface area contributed by atoms with Crippen LogP contribution in [0.1, 0.15) is 5.56 Å². The Balaban J connectivity index is 2.55. The van der Waals surface area contributed by atoms with Crippen molar-refractivity contribution in [3.05, 3.63) is 63.2 Å². The zero-order valence-electron chi connectivity index (χ0n) is 12.9. The number of hydrogen-bond acceptors (Lipinski definition) is 5. The molecule has 0 aromatic heterocycles. The van der Waals surface area contributed by atoms with E-state index in [1.165, 1.54) is 0 Å². The fraction of sp³-hybridized carbons (Fsp3) is 0.143.